The van der Waals surface area contributed by atoms with Gasteiger partial charge < -0.3 is 5.32 Å². The summed E-state index contributed by atoms with van der Waals surface area (Å²) in [5.74, 6) is 0. The molecule has 0 saturated carbocycles. The van der Waals surface area contributed by atoms with E-state index in [4.69, 9.17) is 11.6 Å². The Morgan fingerprint density at radius 3 is 2.67 bits per heavy atom. The van der Waals surface area contributed by atoms with Crippen molar-refractivity contribution < 1.29 is 0 Å². The minimum atomic E-state index is 0.216. The minimum absolute atomic E-state index is 0.216. The highest BCUT2D eigenvalue weighted by atomic mass is 35.5. The third-order valence-corrected chi connectivity index (χ3v) is 2.19. The first-order chi connectivity index (χ1) is 5.65. The number of rotatable bonds is 2. The van der Waals surface area contributed by atoms with E-state index in [1.54, 1.807) is 0 Å². The van der Waals surface area contributed by atoms with Crippen LogP contribution in [0.1, 0.15) is 24.2 Å². The Bertz CT molecular complexity index is 275. The van der Waals surface area contributed by atoms with E-state index >= 15 is 0 Å². The van der Waals surface area contributed by atoms with Gasteiger partial charge in [0.25, 0.3) is 0 Å². The van der Waals surface area contributed by atoms with E-state index in [1.165, 1.54) is 0 Å². The Morgan fingerprint density at radius 1 is 1.50 bits per heavy atom. The lowest BCUT2D eigenvalue weighted by atomic mass is 10.2. The van der Waals surface area contributed by atoms with Crippen molar-refractivity contribution in [2.45, 2.75) is 19.9 Å². The first-order valence-electron chi connectivity index (χ1n) is 3.82. The van der Waals surface area contributed by atoms with Crippen LogP contribution in [0.2, 0.25) is 5.15 Å². The average Bonchev–Trinajstić information content (AvgIpc) is 2.08. The summed E-state index contributed by atoms with van der Waals surface area (Å²) in [7, 11) is 1.89. The van der Waals surface area contributed by atoms with Crippen molar-refractivity contribution in [1.82, 2.24) is 15.5 Å². The maximum atomic E-state index is 5.73. The Balaban J connectivity index is 2.96. The van der Waals surface area contributed by atoms with E-state index in [2.05, 4.69) is 15.5 Å². The van der Waals surface area contributed by atoms with E-state index in [1.807, 2.05) is 27.0 Å². The Hall–Kier alpha value is -0.670. The number of nitrogens with zero attached hydrogens (tertiary/aromatic N) is 2. The maximum absolute atomic E-state index is 5.73. The fourth-order valence-corrected chi connectivity index (χ4v) is 0.943. The summed E-state index contributed by atoms with van der Waals surface area (Å²) >= 11 is 5.73. The third kappa shape index (κ3) is 1.93. The lowest BCUT2D eigenvalue weighted by Gasteiger charge is -2.08. The molecule has 0 spiro atoms. The van der Waals surface area contributed by atoms with E-state index in [0.29, 0.717) is 5.15 Å². The van der Waals surface area contributed by atoms with Gasteiger partial charge in [-0.05, 0) is 32.5 Å². The van der Waals surface area contributed by atoms with Crippen molar-refractivity contribution in [1.29, 1.82) is 0 Å². The van der Waals surface area contributed by atoms with E-state index in [9.17, 15) is 0 Å². The number of nitrogens with one attached hydrogen (secondary N) is 1. The highest BCUT2D eigenvalue weighted by Crippen LogP contribution is 2.14. The molecule has 1 aromatic heterocycles. The van der Waals surface area contributed by atoms with Gasteiger partial charge in [-0.15, -0.1) is 5.10 Å². The summed E-state index contributed by atoms with van der Waals surface area (Å²) in [5.41, 5.74) is 1.88. The zero-order chi connectivity index (χ0) is 9.14. The van der Waals surface area contributed by atoms with Gasteiger partial charge >= 0.3 is 0 Å². The van der Waals surface area contributed by atoms with Gasteiger partial charge in [-0.25, -0.2) is 0 Å². The van der Waals surface area contributed by atoms with Crippen LogP contribution in [0.15, 0.2) is 6.07 Å². The van der Waals surface area contributed by atoms with Crippen LogP contribution < -0.4 is 5.32 Å². The Labute approximate surface area is 77.2 Å². The Morgan fingerprint density at radius 2 is 2.17 bits per heavy atom. The zero-order valence-corrected chi connectivity index (χ0v) is 8.18. The Kier molecular flexibility index (Phi) is 3.00. The SMILES string of the molecule is CNC(C)c1cc(C)c(Cl)nn1. The van der Waals surface area contributed by atoms with Crippen molar-refractivity contribution in [3.05, 3.63) is 22.5 Å². The molecule has 1 rings (SSSR count). The van der Waals surface area contributed by atoms with E-state index in [-0.39, 0.29) is 6.04 Å². The molecular weight excluding hydrogens is 174 g/mol. The van der Waals surface area contributed by atoms with Crippen molar-refractivity contribution in [3.8, 4) is 0 Å². The first-order valence-corrected chi connectivity index (χ1v) is 4.20. The van der Waals surface area contributed by atoms with Gasteiger partial charge in [0.15, 0.2) is 5.15 Å². The molecule has 0 aliphatic carbocycles. The molecule has 1 aromatic rings. The summed E-state index contributed by atoms with van der Waals surface area (Å²) in [6, 6.07) is 2.16. The van der Waals surface area contributed by atoms with Crippen LogP contribution in [-0.2, 0) is 0 Å². The summed E-state index contributed by atoms with van der Waals surface area (Å²) in [6.07, 6.45) is 0. The molecular formula is C8H12ClN3. The standard InChI is InChI=1S/C8H12ClN3/c1-5-4-7(6(2)10-3)11-12-8(5)9/h4,6,10H,1-3H3. The second-order valence-corrected chi connectivity index (χ2v) is 3.11. The lowest BCUT2D eigenvalue weighted by Crippen LogP contribution is -2.14. The first kappa shape index (κ1) is 9.42. The van der Waals surface area contributed by atoms with E-state index < -0.39 is 0 Å². The van der Waals surface area contributed by atoms with Crippen molar-refractivity contribution in [2.24, 2.45) is 0 Å². The molecule has 0 fully saturated rings. The second-order valence-electron chi connectivity index (χ2n) is 2.75. The highest BCUT2D eigenvalue weighted by Gasteiger charge is 2.06. The van der Waals surface area contributed by atoms with Gasteiger partial charge in [-0.2, -0.15) is 5.10 Å². The third-order valence-electron chi connectivity index (χ3n) is 1.82. The molecule has 0 aliphatic heterocycles. The van der Waals surface area contributed by atoms with Crippen LogP contribution in [0.3, 0.4) is 0 Å². The predicted molar refractivity (Wildman–Crippen MR) is 49.3 cm³/mol. The van der Waals surface area contributed by atoms with Gasteiger partial charge in [0.05, 0.1) is 5.69 Å². The molecule has 0 bridgehead atoms. The van der Waals surface area contributed by atoms with Gasteiger partial charge in [0, 0.05) is 6.04 Å². The molecule has 0 aliphatic rings. The van der Waals surface area contributed by atoms with Crippen LogP contribution in [0.5, 0.6) is 0 Å². The van der Waals surface area contributed by atoms with Crippen LogP contribution >= 0.6 is 11.6 Å². The van der Waals surface area contributed by atoms with E-state index in [0.717, 1.165) is 11.3 Å². The average molecular weight is 186 g/mol. The molecule has 1 unspecified atom stereocenters. The lowest BCUT2D eigenvalue weighted by molar-refractivity contribution is 0.620. The second kappa shape index (κ2) is 3.83. The molecule has 12 heavy (non-hydrogen) atoms. The number of hydrogen-bond acceptors (Lipinski definition) is 3. The summed E-state index contributed by atoms with van der Waals surface area (Å²) in [4.78, 5) is 0. The molecule has 0 saturated heterocycles. The van der Waals surface area contributed by atoms with Crippen molar-refractivity contribution in [3.63, 3.8) is 0 Å². The molecule has 1 heterocycles. The molecule has 1 N–H and O–H groups in total. The van der Waals surface area contributed by atoms with Gasteiger partial charge in [0.1, 0.15) is 0 Å². The fraction of sp³-hybridized carbons (Fsp3) is 0.500. The molecule has 0 amide bonds. The number of aromatic nitrogens is 2. The van der Waals surface area contributed by atoms with Gasteiger partial charge in [-0.1, -0.05) is 11.6 Å². The van der Waals surface area contributed by atoms with Crippen LogP contribution in [0.4, 0.5) is 0 Å². The minimum Gasteiger partial charge on any atom is -0.312 e. The van der Waals surface area contributed by atoms with Gasteiger partial charge in [0.2, 0.25) is 0 Å². The normalized spacial score (nSPS) is 13.0. The molecule has 66 valence electrons. The van der Waals surface area contributed by atoms with Crippen LogP contribution in [0, 0.1) is 6.92 Å². The van der Waals surface area contributed by atoms with Crippen molar-refractivity contribution in [2.75, 3.05) is 7.05 Å². The van der Waals surface area contributed by atoms with Crippen molar-refractivity contribution >= 4 is 11.6 Å². The molecule has 4 heteroatoms. The predicted octanol–water partition coefficient (Wildman–Crippen LogP) is 1.72. The molecule has 1 atom stereocenters. The maximum Gasteiger partial charge on any atom is 0.154 e. The summed E-state index contributed by atoms with van der Waals surface area (Å²) < 4.78 is 0. The monoisotopic (exact) mass is 185 g/mol. The topological polar surface area (TPSA) is 37.8 Å². The zero-order valence-electron chi connectivity index (χ0n) is 7.43. The molecule has 0 aromatic carbocycles. The summed E-state index contributed by atoms with van der Waals surface area (Å²) in [6.45, 7) is 3.94. The number of halogens is 1. The quantitative estimate of drug-likeness (QED) is 0.763. The van der Waals surface area contributed by atoms with Crippen LogP contribution in [-0.4, -0.2) is 17.2 Å². The molecule has 0 radical (unpaired) electrons. The van der Waals surface area contributed by atoms with Crippen LogP contribution in [0.25, 0.3) is 0 Å². The number of hydrogen-bond donors (Lipinski definition) is 1. The summed E-state index contributed by atoms with van der Waals surface area (Å²) in [5, 5.41) is 11.3. The fourth-order valence-electron chi connectivity index (χ4n) is 0.850. The van der Waals surface area contributed by atoms with Gasteiger partial charge in [-0.3, -0.25) is 0 Å². The highest BCUT2D eigenvalue weighted by molar-refractivity contribution is 6.30. The molecule has 3 nitrogen and oxygen atoms in total. The number of aryl methyl sites for hydroxylation is 1. The smallest absolute Gasteiger partial charge is 0.154 e. The largest absolute Gasteiger partial charge is 0.312 e.